The Bertz CT molecular complexity index is 1200. The standard InChI is InChI=1S/C23H24Cl2FN5O2/c1-30-12-27-20(21(30)22(32)28-16-2-3-18(26)17(24)8-16)13-6-14-9-23(33,10-15(14)7-13)11-31-5-4-19(25)29-31/h2-5,8,12-15,33H,6-7,9-11H2,1H3,(H,28,32). The van der Waals surface area contributed by atoms with Gasteiger partial charge in [0, 0.05) is 24.8 Å². The Kier molecular flexibility index (Phi) is 5.71. The van der Waals surface area contributed by atoms with E-state index in [1.54, 1.807) is 34.9 Å². The molecule has 0 spiro atoms. The van der Waals surface area contributed by atoms with Gasteiger partial charge in [-0.3, -0.25) is 9.48 Å². The van der Waals surface area contributed by atoms with Gasteiger partial charge >= 0.3 is 0 Å². The number of aromatic nitrogens is 4. The van der Waals surface area contributed by atoms with Crippen LogP contribution in [0.2, 0.25) is 10.2 Å². The van der Waals surface area contributed by atoms with E-state index in [0.29, 0.717) is 47.8 Å². The molecule has 2 N–H and O–H groups in total. The molecule has 3 aromatic rings. The van der Waals surface area contributed by atoms with E-state index in [4.69, 9.17) is 23.2 Å². The number of imidazole rings is 1. The predicted octanol–water partition coefficient (Wildman–Crippen LogP) is 4.65. The van der Waals surface area contributed by atoms with Gasteiger partial charge in [-0.15, -0.1) is 0 Å². The zero-order chi connectivity index (χ0) is 23.3. The summed E-state index contributed by atoms with van der Waals surface area (Å²) >= 11 is 11.7. The Labute approximate surface area is 200 Å². The lowest BCUT2D eigenvalue weighted by molar-refractivity contribution is 0.0176. The molecule has 1 amide bonds. The van der Waals surface area contributed by atoms with Crippen molar-refractivity contribution in [3.8, 4) is 0 Å². The molecular weight excluding hydrogens is 468 g/mol. The van der Waals surface area contributed by atoms with E-state index >= 15 is 0 Å². The number of nitrogens with zero attached hydrogens (tertiary/aromatic N) is 4. The van der Waals surface area contributed by atoms with Gasteiger partial charge in [0.15, 0.2) is 5.15 Å². The van der Waals surface area contributed by atoms with Gasteiger partial charge in [-0.05, 0) is 61.8 Å². The smallest absolute Gasteiger partial charge is 0.274 e. The van der Waals surface area contributed by atoms with Crippen LogP contribution in [0, 0.1) is 17.7 Å². The number of rotatable bonds is 5. The molecule has 10 heteroatoms. The van der Waals surface area contributed by atoms with Crippen LogP contribution in [0.15, 0.2) is 36.8 Å². The van der Waals surface area contributed by atoms with Gasteiger partial charge in [-0.2, -0.15) is 5.10 Å². The van der Waals surface area contributed by atoms with E-state index in [1.165, 1.54) is 18.2 Å². The van der Waals surface area contributed by atoms with Gasteiger partial charge in [0.25, 0.3) is 5.91 Å². The number of aryl methyl sites for hydroxylation is 1. The van der Waals surface area contributed by atoms with E-state index in [2.05, 4.69) is 15.4 Å². The molecule has 2 fully saturated rings. The molecule has 33 heavy (non-hydrogen) atoms. The van der Waals surface area contributed by atoms with Gasteiger partial charge in [-0.1, -0.05) is 23.2 Å². The van der Waals surface area contributed by atoms with E-state index in [0.717, 1.165) is 18.5 Å². The largest absolute Gasteiger partial charge is 0.388 e. The molecule has 2 unspecified atom stereocenters. The van der Waals surface area contributed by atoms with Crippen molar-refractivity contribution in [2.75, 3.05) is 5.32 Å². The van der Waals surface area contributed by atoms with Crippen LogP contribution in [0.3, 0.4) is 0 Å². The minimum absolute atomic E-state index is 0.0495. The number of carbonyl (C=O) groups is 1. The SMILES string of the molecule is Cn1cnc(C2CC3CC(O)(Cn4ccc(Cl)n4)CC3C2)c1C(=O)Nc1ccc(F)c(Cl)c1. The Balaban J connectivity index is 1.28. The van der Waals surface area contributed by atoms with E-state index < -0.39 is 11.4 Å². The van der Waals surface area contributed by atoms with Crippen molar-refractivity contribution in [2.45, 2.75) is 43.7 Å². The fourth-order valence-corrected chi connectivity index (χ4v) is 5.97. The van der Waals surface area contributed by atoms with Gasteiger partial charge in [0.2, 0.25) is 0 Å². The molecule has 7 nitrogen and oxygen atoms in total. The van der Waals surface area contributed by atoms with Crippen molar-refractivity contribution in [3.63, 3.8) is 0 Å². The van der Waals surface area contributed by atoms with Gasteiger partial charge in [0.1, 0.15) is 11.5 Å². The van der Waals surface area contributed by atoms with Crippen LogP contribution >= 0.6 is 23.2 Å². The molecule has 174 valence electrons. The van der Waals surface area contributed by atoms with E-state index in [1.807, 2.05) is 0 Å². The summed E-state index contributed by atoms with van der Waals surface area (Å²) in [5.41, 5.74) is 0.870. The van der Waals surface area contributed by atoms with Crippen molar-refractivity contribution in [1.82, 2.24) is 19.3 Å². The van der Waals surface area contributed by atoms with Crippen molar-refractivity contribution in [2.24, 2.45) is 18.9 Å². The maximum atomic E-state index is 13.4. The third-order valence-corrected chi connectivity index (χ3v) is 7.43. The zero-order valence-electron chi connectivity index (χ0n) is 18.0. The Morgan fingerprint density at radius 3 is 2.64 bits per heavy atom. The summed E-state index contributed by atoms with van der Waals surface area (Å²) in [6.45, 7) is 0.425. The quantitative estimate of drug-likeness (QED) is 0.543. The zero-order valence-corrected chi connectivity index (χ0v) is 19.5. The summed E-state index contributed by atoms with van der Waals surface area (Å²) in [5.74, 6) is 0.0166. The number of nitrogens with one attached hydrogen (secondary N) is 1. The number of hydrogen-bond donors (Lipinski definition) is 2. The second-order valence-electron chi connectivity index (χ2n) is 9.33. The average Bonchev–Trinajstić information content (AvgIpc) is 3.48. The highest BCUT2D eigenvalue weighted by Gasteiger charge is 2.50. The van der Waals surface area contributed by atoms with Crippen LogP contribution in [-0.4, -0.2) is 35.9 Å². The normalized spacial score (nSPS) is 26.5. The van der Waals surface area contributed by atoms with Gasteiger partial charge < -0.3 is 15.0 Å². The number of benzene rings is 1. The lowest BCUT2D eigenvalue weighted by Gasteiger charge is -2.24. The molecule has 0 aliphatic heterocycles. The minimum Gasteiger partial charge on any atom is -0.388 e. The predicted molar refractivity (Wildman–Crippen MR) is 123 cm³/mol. The number of fused-ring (bicyclic) bond motifs is 1. The van der Waals surface area contributed by atoms with Crippen LogP contribution in [0.25, 0.3) is 0 Å². The van der Waals surface area contributed by atoms with Gasteiger partial charge in [-0.25, -0.2) is 9.37 Å². The summed E-state index contributed by atoms with van der Waals surface area (Å²) in [6.07, 6.45) is 6.54. The van der Waals surface area contributed by atoms with Crippen LogP contribution in [-0.2, 0) is 13.6 Å². The number of halogens is 3. The fourth-order valence-electron chi connectivity index (χ4n) is 5.64. The van der Waals surface area contributed by atoms with Gasteiger partial charge in [0.05, 0.1) is 29.2 Å². The maximum Gasteiger partial charge on any atom is 0.274 e. The summed E-state index contributed by atoms with van der Waals surface area (Å²) in [6, 6.07) is 5.80. The molecule has 2 aliphatic rings. The van der Waals surface area contributed by atoms with Crippen molar-refractivity contribution in [3.05, 3.63) is 64.2 Å². The van der Waals surface area contributed by atoms with Crippen LogP contribution in [0.1, 0.15) is 47.8 Å². The third kappa shape index (κ3) is 4.39. The summed E-state index contributed by atoms with van der Waals surface area (Å²) in [4.78, 5) is 17.6. The van der Waals surface area contributed by atoms with Crippen molar-refractivity contribution >= 4 is 34.8 Å². The molecule has 0 radical (unpaired) electrons. The number of hydrogen-bond acceptors (Lipinski definition) is 4. The fraction of sp³-hybridized carbons (Fsp3) is 0.435. The molecule has 2 saturated carbocycles. The topological polar surface area (TPSA) is 85.0 Å². The first-order valence-electron chi connectivity index (χ1n) is 10.9. The summed E-state index contributed by atoms with van der Waals surface area (Å²) < 4.78 is 16.9. The lowest BCUT2D eigenvalue weighted by atomic mass is 9.92. The molecule has 1 aromatic carbocycles. The van der Waals surface area contributed by atoms with Crippen LogP contribution < -0.4 is 5.32 Å². The highest BCUT2D eigenvalue weighted by molar-refractivity contribution is 6.31. The summed E-state index contributed by atoms with van der Waals surface area (Å²) in [7, 11) is 1.78. The maximum absolute atomic E-state index is 13.4. The molecular formula is C23H24Cl2FN5O2. The Morgan fingerprint density at radius 1 is 1.27 bits per heavy atom. The van der Waals surface area contributed by atoms with E-state index in [9.17, 15) is 14.3 Å². The first kappa shape index (κ1) is 22.4. The minimum atomic E-state index is -0.804. The highest BCUT2D eigenvalue weighted by Crippen LogP contribution is 2.54. The molecule has 2 heterocycles. The first-order chi connectivity index (χ1) is 15.7. The number of anilines is 1. The van der Waals surface area contributed by atoms with Crippen molar-refractivity contribution in [1.29, 1.82) is 0 Å². The second kappa shape index (κ2) is 8.42. The Morgan fingerprint density at radius 2 is 2.00 bits per heavy atom. The molecule has 0 saturated heterocycles. The lowest BCUT2D eigenvalue weighted by Crippen LogP contribution is -2.32. The number of aliphatic hydroxyl groups is 1. The molecule has 2 aliphatic carbocycles. The average molecular weight is 492 g/mol. The number of amides is 1. The Hall–Kier alpha value is -2.42. The van der Waals surface area contributed by atoms with Crippen LogP contribution in [0.5, 0.6) is 0 Å². The monoisotopic (exact) mass is 491 g/mol. The highest BCUT2D eigenvalue weighted by atomic mass is 35.5. The molecule has 2 atom stereocenters. The molecule has 5 rings (SSSR count). The third-order valence-electron chi connectivity index (χ3n) is 6.93. The molecule has 2 aromatic heterocycles. The number of carbonyl (C=O) groups excluding carboxylic acids is 1. The summed E-state index contributed by atoms with van der Waals surface area (Å²) in [5, 5.41) is 18.5. The van der Waals surface area contributed by atoms with Crippen LogP contribution in [0.4, 0.5) is 10.1 Å². The first-order valence-corrected chi connectivity index (χ1v) is 11.7. The van der Waals surface area contributed by atoms with Crippen molar-refractivity contribution < 1.29 is 14.3 Å². The molecule has 0 bridgehead atoms. The van der Waals surface area contributed by atoms with E-state index in [-0.39, 0.29) is 16.8 Å². The second-order valence-corrected chi connectivity index (χ2v) is 10.1.